The number of carbonyl (C=O) groups is 1. The van der Waals surface area contributed by atoms with E-state index in [4.69, 9.17) is 28.9 Å². The van der Waals surface area contributed by atoms with Gasteiger partial charge in [-0.2, -0.15) is 0 Å². The molecule has 1 saturated heterocycles. The van der Waals surface area contributed by atoms with Gasteiger partial charge in [-0.15, -0.1) is 0 Å². The molecule has 0 aliphatic carbocycles. The Labute approximate surface area is 156 Å². The zero-order valence-corrected chi connectivity index (χ0v) is 15.7. The number of fused-ring (bicyclic) bond motifs is 1. The van der Waals surface area contributed by atoms with Crippen molar-refractivity contribution in [3.63, 3.8) is 0 Å². The van der Waals surface area contributed by atoms with Crippen molar-refractivity contribution in [1.82, 2.24) is 9.88 Å². The van der Waals surface area contributed by atoms with Crippen LogP contribution in [0.15, 0.2) is 23.1 Å². The van der Waals surface area contributed by atoms with Crippen LogP contribution >= 0.6 is 23.2 Å². The molecule has 0 saturated carbocycles. The highest BCUT2D eigenvalue weighted by atomic mass is 35.5. The summed E-state index contributed by atoms with van der Waals surface area (Å²) in [4.78, 5) is 30.0. The van der Waals surface area contributed by atoms with E-state index in [2.05, 4.69) is 18.8 Å². The molecule has 7 heteroatoms. The monoisotopic (exact) mass is 381 g/mol. The number of nitrogens with zero attached hydrogens (tertiary/aromatic N) is 1. The molecule has 3 N–H and O–H groups in total. The van der Waals surface area contributed by atoms with Gasteiger partial charge in [-0.25, -0.2) is 0 Å². The van der Waals surface area contributed by atoms with Crippen molar-refractivity contribution in [1.29, 1.82) is 0 Å². The van der Waals surface area contributed by atoms with Crippen LogP contribution in [-0.4, -0.2) is 35.4 Å². The van der Waals surface area contributed by atoms with Crippen molar-refractivity contribution in [2.75, 3.05) is 19.6 Å². The summed E-state index contributed by atoms with van der Waals surface area (Å²) in [6.07, 6.45) is 2.42. The molecule has 0 atom stereocenters. The predicted molar refractivity (Wildman–Crippen MR) is 101 cm³/mol. The predicted octanol–water partition coefficient (Wildman–Crippen LogP) is 3.28. The number of carbonyl (C=O) groups excluding carboxylic acids is 1. The molecule has 0 bridgehead atoms. The second-order valence-electron chi connectivity index (χ2n) is 7.49. The quantitative estimate of drug-likeness (QED) is 0.852. The Bertz CT molecular complexity index is 886. The number of H-pyrrole nitrogens is 1. The minimum atomic E-state index is -0.331. The molecule has 5 nitrogen and oxygen atoms in total. The van der Waals surface area contributed by atoms with Crippen LogP contribution in [0.3, 0.4) is 0 Å². The minimum Gasteiger partial charge on any atom is -0.360 e. The fourth-order valence-corrected chi connectivity index (χ4v) is 3.60. The lowest BCUT2D eigenvalue weighted by atomic mass is 9.79. The first-order chi connectivity index (χ1) is 11.7. The molecule has 1 aromatic heterocycles. The molecule has 1 aliphatic rings. The fraction of sp³-hybridized carbons (Fsp3) is 0.444. The second-order valence-corrected chi connectivity index (χ2v) is 8.31. The topological polar surface area (TPSA) is 79.2 Å². The van der Waals surface area contributed by atoms with Crippen LogP contribution in [-0.2, 0) is 0 Å². The summed E-state index contributed by atoms with van der Waals surface area (Å²) in [5.74, 6) is 0.173. The van der Waals surface area contributed by atoms with Gasteiger partial charge in [0, 0.05) is 24.7 Å². The van der Waals surface area contributed by atoms with Gasteiger partial charge < -0.3 is 15.6 Å². The number of nitrogens with one attached hydrogen (secondary N) is 1. The summed E-state index contributed by atoms with van der Waals surface area (Å²) in [7, 11) is 0. The number of aromatic amines is 1. The van der Waals surface area contributed by atoms with Gasteiger partial charge in [0.1, 0.15) is 5.56 Å². The van der Waals surface area contributed by atoms with Crippen molar-refractivity contribution in [2.45, 2.75) is 20.3 Å². The highest BCUT2D eigenvalue weighted by Crippen LogP contribution is 2.31. The summed E-state index contributed by atoms with van der Waals surface area (Å²) in [6.45, 7) is 6.17. The van der Waals surface area contributed by atoms with Crippen LogP contribution in [0.1, 0.15) is 30.6 Å². The van der Waals surface area contributed by atoms with Gasteiger partial charge in [0.05, 0.1) is 15.6 Å². The standard InChI is InChI=1S/C18H21Cl2N3O2/c1-18(2,9-21)5-10-7-23(8-10)17(25)12-6-22-15-4-14(20)13(19)3-11(15)16(12)24/h3-4,6,10H,5,7-9,21H2,1-2H3,(H,22,24). The van der Waals surface area contributed by atoms with Crippen LogP contribution < -0.4 is 11.2 Å². The SMILES string of the molecule is CC(C)(CN)CC1CN(C(=O)c2c[nH]c3cc(Cl)c(Cl)cc3c2=O)C1. The van der Waals surface area contributed by atoms with Crippen LogP contribution in [0.4, 0.5) is 0 Å². The second kappa shape index (κ2) is 6.63. The Morgan fingerprint density at radius 3 is 2.60 bits per heavy atom. The van der Waals surface area contributed by atoms with Crippen molar-refractivity contribution < 1.29 is 4.79 Å². The first-order valence-corrected chi connectivity index (χ1v) is 8.97. The number of halogens is 2. The van der Waals surface area contributed by atoms with E-state index in [0.29, 0.717) is 41.5 Å². The maximum Gasteiger partial charge on any atom is 0.259 e. The van der Waals surface area contributed by atoms with Crippen LogP contribution in [0.25, 0.3) is 10.9 Å². The first kappa shape index (κ1) is 18.2. The molecule has 1 aliphatic heterocycles. The number of benzene rings is 1. The van der Waals surface area contributed by atoms with E-state index >= 15 is 0 Å². The summed E-state index contributed by atoms with van der Waals surface area (Å²) in [6, 6.07) is 3.08. The van der Waals surface area contributed by atoms with E-state index in [1.54, 1.807) is 11.0 Å². The molecule has 25 heavy (non-hydrogen) atoms. The Morgan fingerprint density at radius 1 is 1.32 bits per heavy atom. The Hall–Kier alpha value is -1.56. The number of amides is 1. The Balaban J connectivity index is 1.79. The number of likely N-dealkylation sites (tertiary alicyclic amines) is 1. The minimum absolute atomic E-state index is 0.0657. The van der Waals surface area contributed by atoms with Gasteiger partial charge in [-0.3, -0.25) is 9.59 Å². The van der Waals surface area contributed by atoms with Crippen molar-refractivity contribution in [2.24, 2.45) is 17.1 Å². The van der Waals surface area contributed by atoms with Crippen LogP contribution in [0.5, 0.6) is 0 Å². The van der Waals surface area contributed by atoms with Gasteiger partial charge in [-0.05, 0) is 36.4 Å². The summed E-state index contributed by atoms with van der Waals surface area (Å²) >= 11 is 12.0. The normalized spacial score (nSPS) is 15.5. The van der Waals surface area contributed by atoms with E-state index in [0.717, 1.165) is 6.42 Å². The average molecular weight is 382 g/mol. The average Bonchev–Trinajstić information content (AvgIpc) is 2.52. The van der Waals surface area contributed by atoms with E-state index in [-0.39, 0.29) is 27.3 Å². The third-order valence-corrected chi connectivity index (χ3v) is 5.51. The zero-order chi connectivity index (χ0) is 18.4. The van der Waals surface area contributed by atoms with Crippen molar-refractivity contribution in [3.05, 3.63) is 44.2 Å². The fourth-order valence-electron chi connectivity index (χ4n) is 3.27. The van der Waals surface area contributed by atoms with Crippen LogP contribution in [0.2, 0.25) is 10.0 Å². The number of hydrogen-bond donors (Lipinski definition) is 2. The molecular weight excluding hydrogens is 361 g/mol. The molecule has 0 radical (unpaired) electrons. The van der Waals surface area contributed by atoms with Crippen molar-refractivity contribution in [3.8, 4) is 0 Å². The molecule has 3 rings (SSSR count). The lowest BCUT2D eigenvalue weighted by Crippen LogP contribution is -2.52. The third-order valence-electron chi connectivity index (χ3n) is 4.79. The summed E-state index contributed by atoms with van der Waals surface area (Å²) in [5, 5.41) is 1.01. The molecule has 1 fully saturated rings. The lowest BCUT2D eigenvalue weighted by Gasteiger charge is -2.42. The maximum absolute atomic E-state index is 12.6. The third kappa shape index (κ3) is 3.54. The Kier molecular flexibility index (Phi) is 4.84. The largest absolute Gasteiger partial charge is 0.360 e. The molecule has 1 amide bonds. The molecule has 0 spiro atoms. The number of hydrogen-bond acceptors (Lipinski definition) is 3. The van der Waals surface area contributed by atoms with Gasteiger partial charge in [0.2, 0.25) is 5.43 Å². The van der Waals surface area contributed by atoms with Gasteiger partial charge in [0.25, 0.3) is 5.91 Å². The summed E-state index contributed by atoms with van der Waals surface area (Å²) in [5.41, 5.74) is 6.19. The van der Waals surface area contributed by atoms with Gasteiger partial charge in [0.15, 0.2) is 0 Å². The lowest BCUT2D eigenvalue weighted by molar-refractivity contribution is 0.0405. The number of rotatable bonds is 4. The van der Waals surface area contributed by atoms with Crippen LogP contribution in [0, 0.1) is 11.3 Å². The Morgan fingerprint density at radius 2 is 1.96 bits per heavy atom. The molecule has 2 heterocycles. The molecular formula is C18H21Cl2N3O2. The first-order valence-electron chi connectivity index (χ1n) is 8.21. The van der Waals surface area contributed by atoms with Gasteiger partial charge in [-0.1, -0.05) is 37.0 Å². The zero-order valence-electron chi connectivity index (χ0n) is 14.2. The van der Waals surface area contributed by atoms with E-state index < -0.39 is 0 Å². The molecule has 1 aromatic carbocycles. The number of pyridine rings is 1. The summed E-state index contributed by atoms with van der Waals surface area (Å²) < 4.78 is 0. The number of nitrogens with two attached hydrogens (primary N) is 1. The van der Waals surface area contributed by atoms with Crippen molar-refractivity contribution >= 4 is 40.0 Å². The molecule has 0 unspecified atom stereocenters. The van der Waals surface area contributed by atoms with E-state index in [9.17, 15) is 9.59 Å². The smallest absolute Gasteiger partial charge is 0.259 e. The molecule has 134 valence electrons. The maximum atomic E-state index is 12.6. The highest BCUT2D eigenvalue weighted by Gasteiger charge is 2.35. The molecule has 2 aromatic rings. The van der Waals surface area contributed by atoms with E-state index in [1.165, 1.54) is 12.3 Å². The number of aromatic nitrogens is 1. The van der Waals surface area contributed by atoms with E-state index in [1.807, 2.05) is 0 Å². The highest BCUT2D eigenvalue weighted by molar-refractivity contribution is 6.42. The van der Waals surface area contributed by atoms with Gasteiger partial charge >= 0.3 is 0 Å².